The highest BCUT2D eigenvalue weighted by molar-refractivity contribution is 5.97. The number of morpholine rings is 1. The Bertz CT molecular complexity index is 1620. The van der Waals surface area contributed by atoms with E-state index in [4.69, 9.17) is 4.74 Å². The molecule has 3 N–H and O–H groups in total. The molecule has 36 heavy (non-hydrogen) atoms. The van der Waals surface area contributed by atoms with E-state index in [1.807, 2.05) is 11.8 Å². The average Bonchev–Trinajstić information content (AvgIpc) is 3.48. The normalized spacial score (nSPS) is 15.0. The van der Waals surface area contributed by atoms with E-state index < -0.39 is 5.82 Å². The number of benzene rings is 1. The second-order valence-electron chi connectivity index (χ2n) is 8.72. The predicted octanol–water partition coefficient (Wildman–Crippen LogP) is 2.74. The summed E-state index contributed by atoms with van der Waals surface area (Å²) in [7, 11) is 1.77. The second kappa shape index (κ2) is 8.72. The first-order valence-corrected chi connectivity index (χ1v) is 11.6. The number of hydrogen-bond acceptors (Lipinski definition) is 8. The van der Waals surface area contributed by atoms with Gasteiger partial charge < -0.3 is 24.9 Å². The van der Waals surface area contributed by atoms with E-state index in [0.29, 0.717) is 60.1 Å². The van der Waals surface area contributed by atoms with Gasteiger partial charge >= 0.3 is 0 Å². The zero-order chi connectivity index (χ0) is 24.8. The average molecular weight is 490 g/mol. The molecule has 0 radical (unpaired) electrons. The van der Waals surface area contributed by atoms with Crippen LogP contribution >= 0.6 is 0 Å². The fraction of sp³-hybridized carbons (Fsp3) is 0.292. The number of rotatable bonds is 5. The molecule has 184 valence electrons. The van der Waals surface area contributed by atoms with Gasteiger partial charge in [-0.3, -0.25) is 9.48 Å². The minimum absolute atomic E-state index is 0.229. The van der Waals surface area contributed by atoms with E-state index in [1.54, 1.807) is 48.5 Å². The molecule has 0 spiro atoms. The summed E-state index contributed by atoms with van der Waals surface area (Å²) in [5, 5.41) is 7.89. The summed E-state index contributed by atoms with van der Waals surface area (Å²) >= 11 is 0. The Morgan fingerprint density at radius 1 is 1.17 bits per heavy atom. The summed E-state index contributed by atoms with van der Waals surface area (Å²) in [5.74, 6) is 0.378. The molecule has 0 bridgehead atoms. The van der Waals surface area contributed by atoms with Gasteiger partial charge in [0.1, 0.15) is 28.2 Å². The number of H-pyrrole nitrogens is 2. The second-order valence-corrected chi connectivity index (χ2v) is 8.72. The molecular weight excluding hydrogens is 465 g/mol. The van der Waals surface area contributed by atoms with Crippen LogP contribution in [0.1, 0.15) is 18.8 Å². The molecule has 4 aromatic heterocycles. The van der Waals surface area contributed by atoms with Crippen LogP contribution in [0, 0.1) is 5.82 Å². The molecule has 0 amide bonds. The summed E-state index contributed by atoms with van der Waals surface area (Å²) in [6.07, 6.45) is 5.04. The number of pyridine rings is 1. The van der Waals surface area contributed by atoms with Crippen molar-refractivity contribution in [2.75, 3.05) is 36.5 Å². The number of halogens is 1. The zero-order valence-corrected chi connectivity index (χ0v) is 19.7. The minimum Gasteiger partial charge on any atom is -0.378 e. The van der Waals surface area contributed by atoms with Crippen molar-refractivity contribution in [3.8, 4) is 11.4 Å². The molecule has 12 heteroatoms. The van der Waals surface area contributed by atoms with Crippen LogP contribution in [0.3, 0.4) is 0 Å². The molecule has 0 saturated carbocycles. The maximum Gasteiger partial charge on any atom is 0.261 e. The van der Waals surface area contributed by atoms with Crippen LogP contribution in [0.25, 0.3) is 33.5 Å². The van der Waals surface area contributed by atoms with Crippen molar-refractivity contribution in [3.05, 3.63) is 58.8 Å². The summed E-state index contributed by atoms with van der Waals surface area (Å²) in [6, 6.07) is 4.86. The number of hydrogen-bond donors (Lipinski definition) is 3. The van der Waals surface area contributed by atoms with Gasteiger partial charge in [-0.2, -0.15) is 5.10 Å². The number of aromatic nitrogens is 7. The predicted molar refractivity (Wildman–Crippen MR) is 133 cm³/mol. The van der Waals surface area contributed by atoms with Gasteiger partial charge in [0.15, 0.2) is 5.82 Å². The van der Waals surface area contributed by atoms with Crippen molar-refractivity contribution in [2.24, 2.45) is 7.05 Å². The standard InChI is InChI=1S/C24H24FN9O2/c1-13(22-26-6-3-7-27-22)28-21-17(24(35)30-15-12-33(2)32-20(15)21)23-29-14-4-5-16(18(25)19(14)31-23)34-8-10-36-11-9-34/h3-7,12-13,28H,8-11H2,1-2H3,(H,29,31)(H,30,35). The Kier molecular flexibility index (Phi) is 5.37. The third kappa shape index (κ3) is 3.75. The highest BCUT2D eigenvalue weighted by Gasteiger charge is 2.24. The van der Waals surface area contributed by atoms with E-state index >= 15 is 4.39 Å². The lowest BCUT2D eigenvalue weighted by atomic mass is 10.1. The van der Waals surface area contributed by atoms with Gasteiger partial charge in [0.25, 0.3) is 5.56 Å². The molecular formula is C24H24FN9O2. The fourth-order valence-corrected chi connectivity index (χ4v) is 4.56. The molecule has 6 rings (SSSR count). The van der Waals surface area contributed by atoms with Crippen molar-refractivity contribution in [1.29, 1.82) is 0 Å². The lowest BCUT2D eigenvalue weighted by Gasteiger charge is -2.29. The smallest absolute Gasteiger partial charge is 0.261 e. The molecule has 1 saturated heterocycles. The van der Waals surface area contributed by atoms with Gasteiger partial charge in [-0.05, 0) is 25.1 Å². The van der Waals surface area contributed by atoms with Crippen molar-refractivity contribution in [3.63, 3.8) is 0 Å². The Hall–Kier alpha value is -4.32. The summed E-state index contributed by atoms with van der Waals surface area (Å²) in [6.45, 7) is 4.19. The molecule has 1 aromatic carbocycles. The van der Waals surface area contributed by atoms with E-state index in [9.17, 15) is 4.79 Å². The Morgan fingerprint density at radius 2 is 1.94 bits per heavy atom. The maximum absolute atomic E-state index is 15.6. The van der Waals surface area contributed by atoms with Crippen LogP contribution in [0.15, 0.2) is 41.6 Å². The monoisotopic (exact) mass is 489 g/mol. The molecule has 5 aromatic rings. The lowest BCUT2D eigenvalue weighted by molar-refractivity contribution is 0.122. The highest BCUT2D eigenvalue weighted by Crippen LogP contribution is 2.34. The third-order valence-electron chi connectivity index (χ3n) is 6.29. The molecule has 0 aliphatic carbocycles. The van der Waals surface area contributed by atoms with E-state index in [2.05, 4.69) is 35.3 Å². The number of nitrogens with one attached hydrogen (secondary N) is 3. The first kappa shape index (κ1) is 22.2. The van der Waals surface area contributed by atoms with Gasteiger partial charge in [0.2, 0.25) is 0 Å². The Labute approximate surface area is 204 Å². The van der Waals surface area contributed by atoms with E-state index in [0.717, 1.165) is 0 Å². The lowest BCUT2D eigenvalue weighted by Crippen LogP contribution is -2.36. The minimum atomic E-state index is -0.413. The fourth-order valence-electron chi connectivity index (χ4n) is 4.56. The first-order chi connectivity index (χ1) is 17.5. The number of nitrogens with zero attached hydrogens (tertiary/aromatic N) is 6. The topological polar surface area (TPSA) is 130 Å². The molecule has 1 aliphatic heterocycles. The van der Waals surface area contributed by atoms with Gasteiger partial charge in [-0.25, -0.2) is 19.3 Å². The SMILES string of the molecule is CC(Nc1c(-c2nc3ccc(N4CCOCC4)c(F)c3[nH]2)c(=O)[nH]c2cn(C)nc12)c1ncccn1. The maximum atomic E-state index is 15.6. The molecule has 11 nitrogen and oxygen atoms in total. The number of ether oxygens (including phenoxy) is 1. The van der Waals surface area contributed by atoms with Crippen LogP contribution in [0.2, 0.25) is 0 Å². The number of aromatic amines is 2. The van der Waals surface area contributed by atoms with Crippen molar-refractivity contribution >= 4 is 33.4 Å². The van der Waals surface area contributed by atoms with Gasteiger partial charge in [-0.1, -0.05) is 0 Å². The zero-order valence-electron chi connectivity index (χ0n) is 19.7. The van der Waals surface area contributed by atoms with E-state index in [1.165, 1.54) is 0 Å². The largest absolute Gasteiger partial charge is 0.378 e. The summed E-state index contributed by atoms with van der Waals surface area (Å²) in [5.41, 5.74) is 2.55. The number of fused-ring (bicyclic) bond motifs is 2. The number of aryl methyl sites for hydroxylation is 1. The molecule has 5 heterocycles. The summed E-state index contributed by atoms with van der Waals surface area (Å²) < 4.78 is 22.6. The van der Waals surface area contributed by atoms with Gasteiger partial charge in [0, 0.05) is 38.7 Å². The van der Waals surface area contributed by atoms with Crippen LogP contribution in [0.5, 0.6) is 0 Å². The van der Waals surface area contributed by atoms with Crippen molar-refractivity contribution in [2.45, 2.75) is 13.0 Å². The van der Waals surface area contributed by atoms with Crippen LogP contribution < -0.4 is 15.8 Å². The van der Waals surface area contributed by atoms with Crippen LogP contribution in [0.4, 0.5) is 15.8 Å². The van der Waals surface area contributed by atoms with E-state index in [-0.39, 0.29) is 28.5 Å². The quantitative estimate of drug-likeness (QED) is 0.344. The molecule has 1 unspecified atom stereocenters. The van der Waals surface area contributed by atoms with Crippen molar-refractivity contribution in [1.82, 2.24) is 34.7 Å². The first-order valence-electron chi connectivity index (χ1n) is 11.6. The van der Waals surface area contributed by atoms with Gasteiger partial charge in [-0.15, -0.1) is 0 Å². The summed E-state index contributed by atoms with van der Waals surface area (Å²) in [4.78, 5) is 34.4. The van der Waals surface area contributed by atoms with Crippen LogP contribution in [-0.2, 0) is 11.8 Å². The molecule has 1 atom stereocenters. The Morgan fingerprint density at radius 3 is 2.72 bits per heavy atom. The third-order valence-corrected chi connectivity index (χ3v) is 6.29. The number of imidazole rings is 1. The highest BCUT2D eigenvalue weighted by atomic mass is 19.1. The molecule has 1 aliphatic rings. The van der Waals surface area contributed by atoms with Gasteiger partial charge in [0.05, 0.1) is 41.7 Å². The Balaban J connectivity index is 1.50. The van der Waals surface area contributed by atoms with Crippen LogP contribution in [-0.4, -0.2) is 61.0 Å². The number of anilines is 2. The molecule has 1 fully saturated rings. The van der Waals surface area contributed by atoms with Crippen molar-refractivity contribution < 1.29 is 9.13 Å².